The van der Waals surface area contributed by atoms with Crippen LogP contribution < -0.4 is 0 Å². The molecule has 1 saturated heterocycles. The van der Waals surface area contributed by atoms with Gasteiger partial charge in [0.15, 0.2) is 6.29 Å². The lowest BCUT2D eigenvalue weighted by Gasteiger charge is -2.45. The summed E-state index contributed by atoms with van der Waals surface area (Å²) < 4.78 is 31.3. The second-order valence-electron chi connectivity index (χ2n) is 8.63. The molecule has 36 heavy (non-hydrogen) atoms. The van der Waals surface area contributed by atoms with Crippen LogP contribution in [0.1, 0.15) is 16.7 Å². The van der Waals surface area contributed by atoms with E-state index in [1.54, 1.807) is 6.08 Å². The molecule has 5 unspecified atom stereocenters. The van der Waals surface area contributed by atoms with E-state index in [1.165, 1.54) is 0 Å². The van der Waals surface area contributed by atoms with Crippen molar-refractivity contribution in [2.45, 2.75) is 50.5 Å². The van der Waals surface area contributed by atoms with Gasteiger partial charge < -0.3 is 28.8 Å². The molecule has 1 aliphatic rings. The number of hydrogen-bond acceptors (Lipinski definition) is 6. The maximum absolute atomic E-state index is 10.2. The van der Waals surface area contributed by atoms with Gasteiger partial charge in [0, 0.05) is 0 Å². The second-order valence-corrected chi connectivity index (χ2v) is 8.63. The topological polar surface area (TPSA) is 66.4 Å². The molecule has 1 fully saturated rings. The minimum atomic E-state index is -0.763. The van der Waals surface area contributed by atoms with Gasteiger partial charge in [-0.15, -0.1) is 6.58 Å². The normalized spacial score (nSPS) is 23.9. The van der Waals surface area contributed by atoms with E-state index in [9.17, 15) is 5.11 Å². The zero-order valence-corrected chi connectivity index (χ0v) is 20.4. The third-order valence-electron chi connectivity index (χ3n) is 6.01. The van der Waals surface area contributed by atoms with E-state index in [4.69, 9.17) is 23.7 Å². The Morgan fingerprint density at radius 3 is 1.53 bits per heavy atom. The van der Waals surface area contributed by atoms with Crippen molar-refractivity contribution < 1.29 is 28.8 Å². The molecule has 0 saturated carbocycles. The Hall–Kier alpha value is -2.84. The number of rotatable bonds is 13. The van der Waals surface area contributed by atoms with Gasteiger partial charge in [0.2, 0.25) is 0 Å². The Kier molecular flexibility index (Phi) is 10.2. The highest BCUT2D eigenvalue weighted by molar-refractivity contribution is 5.15. The Labute approximate surface area is 213 Å². The SMILES string of the molecule is C=CCOC1OC(CO)C(OCc2ccccc2)C(OCc2ccccc2)C1OCc1ccccc1. The molecule has 1 aliphatic heterocycles. The van der Waals surface area contributed by atoms with Gasteiger partial charge in [-0.2, -0.15) is 0 Å². The van der Waals surface area contributed by atoms with Crippen molar-refractivity contribution in [1.82, 2.24) is 0 Å². The molecule has 0 spiro atoms. The molecule has 0 bridgehead atoms. The first-order valence-electron chi connectivity index (χ1n) is 12.2. The summed E-state index contributed by atoms with van der Waals surface area (Å²) in [5, 5.41) is 10.2. The summed E-state index contributed by atoms with van der Waals surface area (Å²) in [6.45, 7) is 4.83. The molecule has 0 radical (unpaired) electrons. The highest BCUT2D eigenvalue weighted by atomic mass is 16.7. The van der Waals surface area contributed by atoms with E-state index in [1.807, 2.05) is 91.0 Å². The van der Waals surface area contributed by atoms with Gasteiger partial charge in [0.1, 0.15) is 24.4 Å². The number of aliphatic hydroxyl groups is 1. The van der Waals surface area contributed by atoms with Gasteiger partial charge in [-0.3, -0.25) is 0 Å². The summed E-state index contributed by atoms with van der Waals surface area (Å²) in [5.41, 5.74) is 3.06. The molecule has 5 atom stereocenters. The molecule has 0 aromatic heterocycles. The Balaban J connectivity index is 1.59. The molecule has 0 aliphatic carbocycles. The Morgan fingerprint density at radius 1 is 0.639 bits per heavy atom. The van der Waals surface area contributed by atoms with Crippen LogP contribution in [0.15, 0.2) is 104 Å². The van der Waals surface area contributed by atoms with E-state index < -0.39 is 30.7 Å². The minimum Gasteiger partial charge on any atom is -0.394 e. The lowest BCUT2D eigenvalue weighted by molar-refractivity contribution is -0.324. The predicted molar refractivity (Wildman–Crippen MR) is 137 cm³/mol. The standard InChI is InChI=1S/C30H34O6/c1-2-18-32-30-29(35-22-25-16-10-5-11-17-25)28(34-21-24-14-8-4-9-15-24)27(26(19-31)36-30)33-20-23-12-6-3-7-13-23/h2-17,26-31H,1,18-22H2. The first kappa shape index (κ1) is 26.2. The highest BCUT2D eigenvalue weighted by Crippen LogP contribution is 2.31. The fourth-order valence-electron chi connectivity index (χ4n) is 4.19. The first-order valence-corrected chi connectivity index (χ1v) is 12.2. The number of hydrogen-bond donors (Lipinski definition) is 1. The van der Waals surface area contributed by atoms with Crippen molar-refractivity contribution in [1.29, 1.82) is 0 Å². The van der Waals surface area contributed by atoms with Crippen LogP contribution in [0.3, 0.4) is 0 Å². The van der Waals surface area contributed by atoms with E-state index in [2.05, 4.69) is 6.58 Å². The van der Waals surface area contributed by atoms with Gasteiger partial charge in [0.25, 0.3) is 0 Å². The summed E-state index contributed by atoms with van der Waals surface area (Å²) >= 11 is 0. The van der Waals surface area contributed by atoms with E-state index >= 15 is 0 Å². The van der Waals surface area contributed by atoms with E-state index in [0.717, 1.165) is 16.7 Å². The van der Waals surface area contributed by atoms with Crippen molar-refractivity contribution in [3.05, 3.63) is 120 Å². The average Bonchev–Trinajstić information content (AvgIpc) is 2.94. The van der Waals surface area contributed by atoms with Crippen LogP contribution in [0.25, 0.3) is 0 Å². The number of benzene rings is 3. The van der Waals surface area contributed by atoms with Crippen LogP contribution in [-0.2, 0) is 43.5 Å². The summed E-state index contributed by atoms with van der Waals surface area (Å²) in [5.74, 6) is 0. The molecule has 6 heteroatoms. The molecule has 3 aromatic carbocycles. The number of aliphatic hydroxyl groups excluding tert-OH is 1. The summed E-state index contributed by atoms with van der Waals surface area (Å²) in [7, 11) is 0. The quantitative estimate of drug-likeness (QED) is 0.352. The highest BCUT2D eigenvalue weighted by Gasteiger charge is 2.48. The molecule has 3 aromatic rings. The average molecular weight is 491 g/mol. The van der Waals surface area contributed by atoms with Crippen molar-refractivity contribution in [2.75, 3.05) is 13.2 Å². The lowest BCUT2D eigenvalue weighted by atomic mass is 9.98. The van der Waals surface area contributed by atoms with Crippen molar-refractivity contribution in [2.24, 2.45) is 0 Å². The van der Waals surface area contributed by atoms with Crippen LogP contribution in [-0.4, -0.2) is 49.0 Å². The van der Waals surface area contributed by atoms with Crippen LogP contribution in [0.4, 0.5) is 0 Å². The van der Waals surface area contributed by atoms with Crippen LogP contribution >= 0.6 is 0 Å². The molecule has 190 valence electrons. The van der Waals surface area contributed by atoms with Crippen LogP contribution in [0.5, 0.6) is 0 Å². The minimum absolute atomic E-state index is 0.246. The fraction of sp³-hybridized carbons (Fsp3) is 0.333. The fourth-order valence-corrected chi connectivity index (χ4v) is 4.19. The third-order valence-corrected chi connectivity index (χ3v) is 6.01. The smallest absolute Gasteiger partial charge is 0.187 e. The summed E-state index contributed by atoms with van der Waals surface area (Å²) in [6.07, 6.45) is -1.50. The van der Waals surface area contributed by atoms with Gasteiger partial charge in [-0.25, -0.2) is 0 Å². The molecular weight excluding hydrogens is 456 g/mol. The molecular formula is C30H34O6. The largest absolute Gasteiger partial charge is 0.394 e. The molecule has 1 N–H and O–H groups in total. The maximum Gasteiger partial charge on any atom is 0.187 e. The molecule has 0 amide bonds. The summed E-state index contributed by atoms with van der Waals surface area (Å²) in [6, 6.07) is 29.7. The Bertz CT molecular complexity index is 1010. The van der Waals surface area contributed by atoms with Gasteiger partial charge in [-0.05, 0) is 16.7 Å². The van der Waals surface area contributed by atoms with Crippen LogP contribution in [0.2, 0.25) is 0 Å². The Morgan fingerprint density at radius 2 is 1.08 bits per heavy atom. The first-order chi connectivity index (χ1) is 17.8. The predicted octanol–water partition coefficient (Wildman–Crippen LogP) is 4.66. The monoisotopic (exact) mass is 490 g/mol. The molecule has 6 nitrogen and oxygen atoms in total. The van der Waals surface area contributed by atoms with Gasteiger partial charge in [0.05, 0.1) is 33.0 Å². The summed E-state index contributed by atoms with van der Waals surface area (Å²) in [4.78, 5) is 0. The number of ether oxygens (including phenoxy) is 5. The van der Waals surface area contributed by atoms with Crippen LogP contribution in [0, 0.1) is 0 Å². The van der Waals surface area contributed by atoms with Gasteiger partial charge >= 0.3 is 0 Å². The zero-order valence-electron chi connectivity index (χ0n) is 20.4. The lowest BCUT2D eigenvalue weighted by Crippen LogP contribution is -2.61. The van der Waals surface area contributed by atoms with E-state index in [0.29, 0.717) is 19.8 Å². The van der Waals surface area contributed by atoms with Crippen molar-refractivity contribution in [3.8, 4) is 0 Å². The van der Waals surface area contributed by atoms with Crippen molar-refractivity contribution >= 4 is 0 Å². The van der Waals surface area contributed by atoms with Crippen molar-refractivity contribution in [3.63, 3.8) is 0 Å². The van der Waals surface area contributed by atoms with E-state index in [-0.39, 0.29) is 13.2 Å². The van der Waals surface area contributed by atoms with Gasteiger partial charge in [-0.1, -0.05) is 97.1 Å². The molecule has 1 heterocycles. The molecule has 4 rings (SSSR count). The second kappa shape index (κ2) is 14.0. The maximum atomic E-state index is 10.2. The third kappa shape index (κ3) is 7.34. The zero-order chi connectivity index (χ0) is 25.0.